The van der Waals surface area contributed by atoms with Crippen LogP contribution in [0.5, 0.6) is 0 Å². The third-order valence-electron chi connectivity index (χ3n) is 3.19. The first-order valence-electron chi connectivity index (χ1n) is 6.18. The maximum Gasteiger partial charge on any atom is 0.240 e. The molecule has 1 heterocycles. The summed E-state index contributed by atoms with van der Waals surface area (Å²) in [5.41, 5.74) is -0.601. The van der Waals surface area contributed by atoms with E-state index in [-0.39, 0.29) is 12.5 Å². The summed E-state index contributed by atoms with van der Waals surface area (Å²) in [5.74, 6) is -0.0888. The number of thiazole rings is 1. The number of likely N-dealkylation sites (N-methyl/N-ethyl adjacent to an activating group) is 1. The number of hydrogen-bond acceptors (Lipinski definition) is 5. The molecule has 1 aromatic heterocycles. The second-order valence-corrected chi connectivity index (χ2v) is 5.88. The first kappa shape index (κ1) is 13.5. The zero-order chi connectivity index (χ0) is 13.0. The van der Waals surface area contributed by atoms with Gasteiger partial charge in [0.05, 0.1) is 12.1 Å². The average molecular weight is 269 g/mol. The van der Waals surface area contributed by atoms with Gasteiger partial charge in [0.2, 0.25) is 5.91 Å². The fourth-order valence-electron chi connectivity index (χ4n) is 2.44. The van der Waals surface area contributed by atoms with Crippen LogP contribution in [0.15, 0.2) is 11.6 Å². The molecule has 100 valence electrons. The molecule has 0 aliphatic heterocycles. The molecule has 6 heteroatoms. The number of nitrogens with one attached hydrogen (secondary N) is 1. The van der Waals surface area contributed by atoms with E-state index in [2.05, 4.69) is 10.3 Å². The molecule has 1 fully saturated rings. The molecule has 1 aliphatic rings. The van der Waals surface area contributed by atoms with E-state index >= 15 is 0 Å². The van der Waals surface area contributed by atoms with Crippen molar-refractivity contribution in [2.75, 3.05) is 25.5 Å². The van der Waals surface area contributed by atoms with E-state index in [1.54, 1.807) is 6.20 Å². The second-order valence-electron chi connectivity index (χ2n) is 4.99. The van der Waals surface area contributed by atoms with Gasteiger partial charge in [-0.25, -0.2) is 4.98 Å². The first-order valence-corrected chi connectivity index (χ1v) is 7.06. The fourth-order valence-corrected chi connectivity index (χ4v) is 2.98. The van der Waals surface area contributed by atoms with Crippen LogP contribution in [-0.4, -0.2) is 46.6 Å². The number of carbonyl (C=O) groups is 1. The van der Waals surface area contributed by atoms with E-state index in [1.807, 2.05) is 17.3 Å². The number of hydrogen-bond donors (Lipinski definition) is 2. The van der Waals surface area contributed by atoms with Crippen LogP contribution in [0.25, 0.3) is 0 Å². The molecule has 5 nitrogen and oxygen atoms in total. The predicted molar refractivity (Wildman–Crippen MR) is 71.7 cm³/mol. The Morgan fingerprint density at radius 3 is 2.94 bits per heavy atom. The highest BCUT2D eigenvalue weighted by Gasteiger charge is 2.32. The van der Waals surface area contributed by atoms with Crippen LogP contribution in [0.1, 0.15) is 25.7 Å². The molecule has 1 saturated carbocycles. The topological polar surface area (TPSA) is 65.5 Å². The lowest BCUT2D eigenvalue weighted by atomic mass is 10.0. The number of carbonyl (C=O) groups excluding carboxylic acids is 1. The second kappa shape index (κ2) is 5.77. The Hall–Kier alpha value is -0.980. The molecule has 0 bridgehead atoms. The van der Waals surface area contributed by atoms with Crippen molar-refractivity contribution in [2.24, 2.45) is 0 Å². The average Bonchev–Trinajstić information content (AvgIpc) is 2.89. The van der Waals surface area contributed by atoms with Crippen LogP contribution >= 0.6 is 11.3 Å². The Morgan fingerprint density at radius 1 is 1.61 bits per heavy atom. The summed E-state index contributed by atoms with van der Waals surface area (Å²) in [5, 5.41) is 15.4. The molecule has 0 saturated heterocycles. The maximum atomic E-state index is 11.7. The van der Waals surface area contributed by atoms with Gasteiger partial charge < -0.3 is 10.4 Å². The number of rotatable bonds is 5. The van der Waals surface area contributed by atoms with E-state index in [4.69, 9.17) is 0 Å². The Labute approximate surface area is 111 Å². The highest BCUT2D eigenvalue weighted by molar-refractivity contribution is 7.13. The Bertz CT molecular complexity index is 388. The number of aromatic nitrogens is 1. The van der Waals surface area contributed by atoms with Gasteiger partial charge in [0.25, 0.3) is 0 Å². The van der Waals surface area contributed by atoms with Gasteiger partial charge in [-0.2, -0.15) is 0 Å². The summed E-state index contributed by atoms with van der Waals surface area (Å²) in [6.07, 6.45) is 5.49. The number of aliphatic hydroxyl groups is 1. The van der Waals surface area contributed by atoms with E-state index < -0.39 is 5.60 Å². The van der Waals surface area contributed by atoms with Crippen molar-refractivity contribution in [1.82, 2.24) is 9.88 Å². The minimum absolute atomic E-state index is 0.0888. The standard InChI is InChI=1S/C12H19N3O2S/c1-15(9-12(17)4-2-3-5-12)8-10(16)14-11-13-6-7-18-11/h6-7,17H,2-5,8-9H2,1H3,(H,13,14,16). The third kappa shape index (κ3) is 3.76. The van der Waals surface area contributed by atoms with E-state index in [0.29, 0.717) is 11.7 Å². The number of nitrogens with zero attached hydrogens (tertiary/aromatic N) is 2. The van der Waals surface area contributed by atoms with Crippen LogP contribution in [0.2, 0.25) is 0 Å². The van der Waals surface area contributed by atoms with Crippen molar-refractivity contribution >= 4 is 22.4 Å². The van der Waals surface area contributed by atoms with Crippen molar-refractivity contribution in [3.8, 4) is 0 Å². The van der Waals surface area contributed by atoms with Gasteiger partial charge in [-0.1, -0.05) is 12.8 Å². The van der Waals surface area contributed by atoms with Gasteiger partial charge in [-0.15, -0.1) is 11.3 Å². The van der Waals surface area contributed by atoms with Crippen molar-refractivity contribution < 1.29 is 9.90 Å². The van der Waals surface area contributed by atoms with Crippen molar-refractivity contribution in [3.05, 3.63) is 11.6 Å². The molecule has 1 aromatic rings. The van der Waals surface area contributed by atoms with Crippen LogP contribution in [-0.2, 0) is 4.79 Å². The Kier molecular flexibility index (Phi) is 4.31. The molecule has 2 rings (SSSR count). The van der Waals surface area contributed by atoms with E-state index in [0.717, 1.165) is 25.7 Å². The lowest BCUT2D eigenvalue weighted by Gasteiger charge is -2.27. The minimum Gasteiger partial charge on any atom is -0.389 e. The molecule has 0 spiro atoms. The van der Waals surface area contributed by atoms with Gasteiger partial charge in [0.1, 0.15) is 0 Å². The molecule has 2 N–H and O–H groups in total. The zero-order valence-corrected chi connectivity index (χ0v) is 11.4. The summed E-state index contributed by atoms with van der Waals surface area (Å²) < 4.78 is 0. The summed E-state index contributed by atoms with van der Waals surface area (Å²) in [7, 11) is 1.86. The summed E-state index contributed by atoms with van der Waals surface area (Å²) in [6.45, 7) is 0.834. The lowest BCUT2D eigenvalue weighted by Crippen LogP contribution is -2.42. The number of anilines is 1. The molecule has 1 amide bonds. The van der Waals surface area contributed by atoms with Crippen LogP contribution < -0.4 is 5.32 Å². The predicted octanol–water partition coefficient (Wildman–Crippen LogP) is 1.32. The summed E-state index contributed by atoms with van der Waals surface area (Å²) in [4.78, 5) is 17.6. The Morgan fingerprint density at radius 2 is 2.33 bits per heavy atom. The lowest BCUT2D eigenvalue weighted by molar-refractivity contribution is -0.117. The molecule has 0 radical (unpaired) electrons. The van der Waals surface area contributed by atoms with Crippen LogP contribution in [0, 0.1) is 0 Å². The Balaban J connectivity index is 1.76. The molecular formula is C12H19N3O2S. The zero-order valence-electron chi connectivity index (χ0n) is 10.6. The summed E-state index contributed by atoms with van der Waals surface area (Å²) in [6, 6.07) is 0. The highest BCUT2D eigenvalue weighted by atomic mass is 32.1. The first-order chi connectivity index (χ1) is 8.57. The van der Waals surface area contributed by atoms with Gasteiger partial charge in [-0.05, 0) is 19.9 Å². The van der Waals surface area contributed by atoms with Crippen LogP contribution in [0.4, 0.5) is 5.13 Å². The van der Waals surface area contributed by atoms with Crippen molar-refractivity contribution in [1.29, 1.82) is 0 Å². The van der Waals surface area contributed by atoms with Gasteiger partial charge in [0.15, 0.2) is 5.13 Å². The molecule has 0 aromatic carbocycles. The van der Waals surface area contributed by atoms with Gasteiger partial charge in [-0.3, -0.25) is 9.69 Å². The molecule has 18 heavy (non-hydrogen) atoms. The normalized spacial score (nSPS) is 18.2. The molecule has 1 aliphatic carbocycles. The van der Waals surface area contributed by atoms with Crippen LogP contribution in [0.3, 0.4) is 0 Å². The molecule has 0 unspecified atom stereocenters. The maximum absolute atomic E-state index is 11.7. The van der Waals surface area contributed by atoms with Crippen molar-refractivity contribution in [2.45, 2.75) is 31.3 Å². The molecular weight excluding hydrogens is 250 g/mol. The van der Waals surface area contributed by atoms with Crippen molar-refractivity contribution in [3.63, 3.8) is 0 Å². The largest absolute Gasteiger partial charge is 0.389 e. The monoisotopic (exact) mass is 269 g/mol. The van der Waals surface area contributed by atoms with E-state index in [9.17, 15) is 9.90 Å². The highest BCUT2D eigenvalue weighted by Crippen LogP contribution is 2.29. The quantitative estimate of drug-likeness (QED) is 0.846. The SMILES string of the molecule is CN(CC(=O)Nc1nccs1)CC1(O)CCCC1. The van der Waals surface area contributed by atoms with E-state index in [1.165, 1.54) is 11.3 Å². The third-order valence-corrected chi connectivity index (χ3v) is 3.88. The summed E-state index contributed by atoms with van der Waals surface area (Å²) >= 11 is 1.40. The smallest absolute Gasteiger partial charge is 0.240 e. The fraction of sp³-hybridized carbons (Fsp3) is 0.667. The molecule has 0 atom stereocenters. The number of amides is 1. The minimum atomic E-state index is -0.601. The van der Waals surface area contributed by atoms with Gasteiger partial charge >= 0.3 is 0 Å². The van der Waals surface area contributed by atoms with Gasteiger partial charge in [0, 0.05) is 18.1 Å².